The summed E-state index contributed by atoms with van der Waals surface area (Å²) in [5, 5.41) is 0.189. The minimum Gasteiger partial charge on any atom is -0.598 e. The summed E-state index contributed by atoms with van der Waals surface area (Å²) in [6.07, 6.45) is 2.61. The van der Waals surface area contributed by atoms with Crippen molar-refractivity contribution >= 4 is 19.7 Å². The fourth-order valence-corrected chi connectivity index (χ4v) is 3.08. The van der Waals surface area contributed by atoms with Crippen LogP contribution in [0, 0.1) is 0 Å². The highest BCUT2D eigenvalue weighted by Gasteiger charge is 2.38. The molecule has 0 aromatic heterocycles. The molecule has 20 heavy (non-hydrogen) atoms. The van der Waals surface area contributed by atoms with Crippen LogP contribution in [0.25, 0.3) is 0 Å². The van der Waals surface area contributed by atoms with Crippen LogP contribution < -0.4 is 4.72 Å². The van der Waals surface area contributed by atoms with E-state index in [9.17, 15) is 4.55 Å². The second-order valence-electron chi connectivity index (χ2n) is 7.79. The van der Waals surface area contributed by atoms with Crippen LogP contribution in [-0.2, 0) is 15.8 Å². The Morgan fingerprint density at radius 3 is 2.10 bits per heavy atom. The van der Waals surface area contributed by atoms with E-state index in [0.717, 1.165) is 6.42 Å². The fraction of sp³-hybridized carbons (Fsp3) is 0.867. The number of nitrogens with one attached hydrogen (secondary N) is 1. The SMILES string of the molecule is C=CCC(CO[Si](C)(C)C(C)(C)C)N[S@@+]([O-])C(C)(C)C. The molecule has 0 aromatic rings. The summed E-state index contributed by atoms with van der Waals surface area (Å²) in [6.45, 7) is 21.4. The van der Waals surface area contributed by atoms with Crippen LogP contribution >= 0.6 is 0 Å². The molecule has 0 amide bonds. The van der Waals surface area contributed by atoms with Crippen LogP contribution in [0.2, 0.25) is 18.1 Å². The first-order valence-electron chi connectivity index (χ1n) is 7.24. The van der Waals surface area contributed by atoms with Crippen LogP contribution in [-0.4, -0.2) is 30.3 Å². The van der Waals surface area contributed by atoms with Gasteiger partial charge in [0.25, 0.3) is 0 Å². The molecule has 0 radical (unpaired) electrons. The predicted molar refractivity (Wildman–Crippen MR) is 92.8 cm³/mol. The van der Waals surface area contributed by atoms with E-state index in [1.54, 1.807) is 0 Å². The van der Waals surface area contributed by atoms with Crippen LogP contribution in [0.4, 0.5) is 0 Å². The van der Waals surface area contributed by atoms with Crippen molar-refractivity contribution in [2.24, 2.45) is 0 Å². The second-order valence-corrected chi connectivity index (χ2v) is 14.6. The van der Waals surface area contributed by atoms with Gasteiger partial charge in [-0.3, -0.25) is 0 Å². The molecule has 0 saturated carbocycles. The lowest BCUT2D eigenvalue weighted by Gasteiger charge is -2.37. The quantitative estimate of drug-likeness (QED) is 0.438. The van der Waals surface area contributed by atoms with E-state index in [2.05, 4.69) is 45.2 Å². The van der Waals surface area contributed by atoms with Crippen LogP contribution in [0.3, 0.4) is 0 Å². The summed E-state index contributed by atoms with van der Waals surface area (Å²) in [7, 11) is -1.77. The van der Waals surface area contributed by atoms with Gasteiger partial charge in [0.15, 0.2) is 8.32 Å². The molecule has 5 heteroatoms. The fourth-order valence-electron chi connectivity index (χ4n) is 1.20. The van der Waals surface area contributed by atoms with Crippen LogP contribution in [0.15, 0.2) is 12.7 Å². The molecule has 2 atom stereocenters. The van der Waals surface area contributed by atoms with Gasteiger partial charge in [-0.05, 0) is 45.3 Å². The zero-order chi connectivity index (χ0) is 16.2. The Morgan fingerprint density at radius 1 is 1.25 bits per heavy atom. The Labute approximate surface area is 130 Å². The standard InChI is InChI=1S/C15H33NO2SSi/c1-10-11-13(16-19(17)14(2,3)4)12-18-20(8,9)15(5,6)7/h10,13,16H,1,11-12H2,2-9H3/t13?,19-/m0/s1. The van der Waals surface area contributed by atoms with Gasteiger partial charge in [0, 0.05) is 11.4 Å². The van der Waals surface area contributed by atoms with Crippen LogP contribution in [0.1, 0.15) is 48.0 Å². The first kappa shape index (κ1) is 20.2. The Hall–Kier alpha value is 0.187. The lowest BCUT2D eigenvalue weighted by molar-refractivity contribution is 0.255. The Balaban J connectivity index is 4.61. The molecule has 0 bridgehead atoms. The number of hydrogen-bond acceptors (Lipinski definition) is 3. The van der Waals surface area contributed by atoms with E-state index < -0.39 is 19.7 Å². The summed E-state index contributed by atoms with van der Waals surface area (Å²) < 4.78 is 21.3. The molecular weight excluding hydrogens is 286 g/mol. The largest absolute Gasteiger partial charge is 0.598 e. The second kappa shape index (κ2) is 7.45. The molecule has 0 saturated heterocycles. The van der Waals surface area contributed by atoms with Crippen molar-refractivity contribution in [1.82, 2.24) is 4.72 Å². The van der Waals surface area contributed by atoms with E-state index in [1.165, 1.54) is 0 Å². The van der Waals surface area contributed by atoms with Gasteiger partial charge in [-0.15, -0.1) is 11.3 Å². The van der Waals surface area contributed by atoms with Gasteiger partial charge in [-0.2, -0.15) is 0 Å². The Morgan fingerprint density at radius 2 is 1.75 bits per heavy atom. The van der Waals surface area contributed by atoms with E-state index in [4.69, 9.17) is 4.43 Å². The maximum absolute atomic E-state index is 12.2. The summed E-state index contributed by atoms with van der Waals surface area (Å²) in [5.74, 6) is 0. The van der Waals surface area contributed by atoms with Crippen molar-refractivity contribution in [1.29, 1.82) is 0 Å². The average Bonchev–Trinajstić information content (AvgIpc) is 2.23. The van der Waals surface area contributed by atoms with Crippen molar-refractivity contribution in [3.05, 3.63) is 12.7 Å². The summed E-state index contributed by atoms with van der Waals surface area (Å²) in [5.41, 5.74) is 0. The molecule has 0 aliphatic carbocycles. The smallest absolute Gasteiger partial charge is 0.192 e. The van der Waals surface area contributed by atoms with Crippen LogP contribution in [0.5, 0.6) is 0 Å². The van der Waals surface area contributed by atoms with Gasteiger partial charge in [-0.1, -0.05) is 26.8 Å². The van der Waals surface area contributed by atoms with Gasteiger partial charge in [0.05, 0.1) is 12.6 Å². The highest BCUT2D eigenvalue weighted by molar-refractivity contribution is 7.90. The van der Waals surface area contributed by atoms with Crippen molar-refractivity contribution in [2.45, 2.75) is 76.9 Å². The first-order chi connectivity index (χ1) is 8.81. The van der Waals surface area contributed by atoms with Crippen molar-refractivity contribution in [3.63, 3.8) is 0 Å². The molecule has 0 rings (SSSR count). The summed E-state index contributed by atoms with van der Waals surface area (Å²) in [6, 6.07) is 0.0571. The van der Waals surface area contributed by atoms with Crippen molar-refractivity contribution < 1.29 is 8.98 Å². The zero-order valence-electron chi connectivity index (χ0n) is 14.5. The predicted octanol–water partition coefficient (Wildman–Crippen LogP) is 4.00. The lowest BCUT2D eigenvalue weighted by atomic mass is 10.2. The van der Waals surface area contributed by atoms with E-state index in [-0.39, 0.29) is 15.8 Å². The van der Waals surface area contributed by atoms with Crippen molar-refractivity contribution in [2.75, 3.05) is 6.61 Å². The zero-order valence-corrected chi connectivity index (χ0v) is 16.3. The van der Waals surface area contributed by atoms with Gasteiger partial charge in [0.1, 0.15) is 4.75 Å². The Kier molecular flexibility index (Phi) is 7.52. The van der Waals surface area contributed by atoms with E-state index in [0.29, 0.717) is 6.61 Å². The molecule has 120 valence electrons. The molecule has 0 heterocycles. The molecule has 0 aromatic carbocycles. The normalized spacial score (nSPS) is 16.9. The monoisotopic (exact) mass is 319 g/mol. The van der Waals surface area contributed by atoms with Gasteiger partial charge < -0.3 is 8.98 Å². The minimum atomic E-state index is -1.77. The molecule has 1 N–H and O–H groups in total. The topological polar surface area (TPSA) is 44.3 Å². The third kappa shape index (κ3) is 6.76. The van der Waals surface area contributed by atoms with Gasteiger partial charge in [0.2, 0.25) is 0 Å². The highest BCUT2D eigenvalue weighted by atomic mass is 32.2. The molecule has 0 spiro atoms. The minimum absolute atomic E-state index is 0.0571. The summed E-state index contributed by atoms with van der Waals surface area (Å²) >= 11 is -1.08. The molecule has 1 unspecified atom stereocenters. The average molecular weight is 320 g/mol. The van der Waals surface area contributed by atoms with E-state index in [1.807, 2.05) is 26.8 Å². The van der Waals surface area contributed by atoms with Gasteiger partial charge in [-0.25, -0.2) is 0 Å². The molecule has 3 nitrogen and oxygen atoms in total. The maximum atomic E-state index is 12.2. The Bertz CT molecular complexity index is 308. The number of rotatable bonds is 7. The van der Waals surface area contributed by atoms with Gasteiger partial charge >= 0.3 is 0 Å². The van der Waals surface area contributed by atoms with E-state index >= 15 is 0 Å². The first-order valence-corrected chi connectivity index (χ1v) is 11.3. The highest BCUT2D eigenvalue weighted by Crippen LogP contribution is 2.36. The molecule has 0 aliphatic rings. The third-order valence-electron chi connectivity index (χ3n) is 3.73. The summed E-state index contributed by atoms with van der Waals surface area (Å²) in [4.78, 5) is 0. The maximum Gasteiger partial charge on any atom is 0.192 e. The molecule has 0 aliphatic heterocycles. The van der Waals surface area contributed by atoms with Crippen molar-refractivity contribution in [3.8, 4) is 0 Å². The lowest BCUT2D eigenvalue weighted by Crippen LogP contribution is -2.49. The molecule has 0 fully saturated rings. The molecular formula is C15H33NO2SSi. The third-order valence-corrected chi connectivity index (χ3v) is 9.89. The number of hydrogen-bond donors (Lipinski definition) is 1.